The molecule has 2 rings (SSSR count). The minimum absolute atomic E-state index is 0.0449. The highest BCUT2D eigenvalue weighted by atomic mass is 19.1. The van der Waals surface area contributed by atoms with Crippen molar-refractivity contribution in [2.45, 2.75) is 32.3 Å². The molecule has 98 valence electrons. The lowest BCUT2D eigenvalue weighted by atomic mass is 10.0. The molecule has 3 nitrogen and oxygen atoms in total. The van der Waals surface area contributed by atoms with Crippen LogP contribution in [0, 0.1) is 0 Å². The van der Waals surface area contributed by atoms with Gasteiger partial charge in [-0.25, -0.2) is 0 Å². The Morgan fingerprint density at radius 3 is 2.89 bits per heavy atom. The van der Waals surface area contributed by atoms with Gasteiger partial charge in [-0.3, -0.25) is 9.18 Å². The molecule has 0 fully saturated rings. The summed E-state index contributed by atoms with van der Waals surface area (Å²) in [7, 11) is 0. The van der Waals surface area contributed by atoms with Gasteiger partial charge in [-0.1, -0.05) is 12.1 Å². The Hall–Kier alpha value is -1.58. The molecule has 0 radical (unpaired) electrons. The number of alkyl halides is 1. The van der Waals surface area contributed by atoms with E-state index in [1.165, 1.54) is 0 Å². The molecule has 1 aromatic carbocycles. The van der Waals surface area contributed by atoms with Crippen molar-refractivity contribution >= 4 is 11.6 Å². The molecule has 1 aliphatic heterocycles. The van der Waals surface area contributed by atoms with Crippen molar-refractivity contribution in [2.24, 2.45) is 0 Å². The fourth-order valence-corrected chi connectivity index (χ4v) is 2.14. The lowest BCUT2D eigenvalue weighted by Gasteiger charge is -2.39. The largest absolute Gasteiger partial charge is 0.484 e. The smallest absolute Gasteiger partial charge is 0.227 e. The van der Waals surface area contributed by atoms with Crippen molar-refractivity contribution in [3.05, 3.63) is 24.3 Å². The summed E-state index contributed by atoms with van der Waals surface area (Å²) in [6, 6.07) is 7.46. The molecule has 1 amide bonds. The summed E-state index contributed by atoms with van der Waals surface area (Å²) < 4.78 is 18.0. The molecular weight excluding hydrogens is 233 g/mol. The average Bonchev–Trinajstić information content (AvgIpc) is 2.33. The molecule has 0 atom stereocenters. The monoisotopic (exact) mass is 251 g/mol. The van der Waals surface area contributed by atoms with Crippen molar-refractivity contribution in [1.29, 1.82) is 0 Å². The van der Waals surface area contributed by atoms with Crippen LogP contribution < -0.4 is 9.64 Å². The second kappa shape index (κ2) is 4.96. The molecule has 0 saturated carbocycles. The molecule has 0 spiro atoms. The van der Waals surface area contributed by atoms with E-state index < -0.39 is 12.3 Å². The molecule has 0 N–H and O–H groups in total. The second-order valence-electron chi connectivity index (χ2n) is 5.10. The number of hydrogen-bond donors (Lipinski definition) is 0. The lowest BCUT2D eigenvalue weighted by Crippen LogP contribution is -2.49. The molecule has 0 bridgehead atoms. The molecule has 0 aromatic heterocycles. The number of para-hydroxylation sites is 2. The zero-order valence-electron chi connectivity index (χ0n) is 10.8. The molecule has 1 aromatic rings. The van der Waals surface area contributed by atoms with Crippen LogP contribution in [-0.4, -0.2) is 24.7 Å². The van der Waals surface area contributed by atoms with Crippen LogP contribution in [0.2, 0.25) is 0 Å². The van der Waals surface area contributed by atoms with Crippen LogP contribution in [-0.2, 0) is 4.79 Å². The van der Waals surface area contributed by atoms with E-state index in [0.717, 1.165) is 5.69 Å². The van der Waals surface area contributed by atoms with Crippen LogP contribution in [0.1, 0.15) is 26.7 Å². The van der Waals surface area contributed by atoms with Crippen LogP contribution in [0.3, 0.4) is 0 Å². The van der Waals surface area contributed by atoms with Crippen molar-refractivity contribution in [2.75, 3.05) is 18.1 Å². The van der Waals surface area contributed by atoms with Gasteiger partial charge in [0.05, 0.1) is 18.9 Å². The normalized spacial score (nSPS) is 16.9. The fourth-order valence-electron chi connectivity index (χ4n) is 2.14. The van der Waals surface area contributed by atoms with E-state index in [2.05, 4.69) is 0 Å². The Morgan fingerprint density at radius 1 is 1.44 bits per heavy atom. The second-order valence-corrected chi connectivity index (χ2v) is 5.10. The molecule has 0 aliphatic carbocycles. The third kappa shape index (κ3) is 2.63. The number of ether oxygens (including phenoxy) is 1. The summed E-state index contributed by atoms with van der Waals surface area (Å²) in [6.07, 6.45) is 0.514. The van der Waals surface area contributed by atoms with E-state index in [0.29, 0.717) is 12.3 Å². The van der Waals surface area contributed by atoms with Gasteiger partial charge in [0, 0.05) is 6.42 Å². The Morgan fingerprint density at radius 2 is 2.17 bits per heavy atom. The van der Waals surface area contributed by atoms with E-state index in [-0.39, 0.29) is 18.7 Å². The number of fused-ring (bicyclic) bond motifs is 1. The number of benzene rings is 1. The molecule has 18 heavy (non-hydrogen) atoms. The Balaban J connectivity index is 2.27. The molecule has 0 unspecified atom stereocenters. The minimum atomic E-state index is -0.457. The quantitative estimate of drug-likeness (QED) is 0.826. The number of nitrogens with zero attached hydrogens (tertiary/aromatic N) is 1. The Kier molecular flexibility index (Phi) is 3.55. The maximum absolute atomic E-state index is 12.2. The van der Waals surface area contributed by atoms with E-state index in [1.54, 1.807) is 4.90 Å². The van der Waals surface area contributed by atoms with Gasteiger partial charge in [-0.2, -0.15) is 0 Å². The van der Waals surface area contributed by atoms with E-state index in [1.807, 2.05) is 38.1 Å². The van der Waals surface area contributed by atoms with Gasteiger partial charge < -0.3 is 9.64 Å². The van der Waals surface area contributed by atoms with Crippen LogP contribution in [0.25, 0.3) is 0 Å². The summed E-state index contributed by atoms with van der Waals surface area (Å²) in [6.45, 7) is 3.92. The third-order valence-corrected chi connectivity index (χ3v) is 2.91. The van der Waals surface area contributed by atoms with Crippen molar-refractivity contribution in [3.63, 3.8) is 0 Å². The van der Waals surface area contributed by atoms with Gasteiger partial charge in [-0.05, 0) is 32.4 Å². The fraction of sp³-hybridized carbons (Fsp3) is 0.500. The van der Waals surface area contributed by atoms with Crippen molar-refractivity contribution < 1.29 is 13.9 Å². The standard InChI is InChI=1S/C14H18FNO2/c1-14(2)10-16(13(17)8-5-9-15)11-6-3-4-7-12(11)18-14/h3-4,6-7H,5,8-10H2,1-2H3. The summed E-state index contributed by atoms with van der Waals surface area (Å²) in [5.74, 6) is 0.666. The van der Waals surface area contributed by atoms with E-state index in [9.17, 15) is 9.18 Å². The number of carbonyl (C=O) groups excluding carboxylic acids is 1. The molecule has 4 heteroatoms. The zero-order chi connectivity index (χ0) is 13.2. The number of hydrogen-bond acceptors (Lipinski definition) is 2. The average molecular weight is 251 g/mol. The number of rotatable bonds is 3. The van der Waals surface area contributed by atoms with Crippen LogP contribution >= 0.6 is 0 Å². The number of anilines is 1. The molecule has 1 heterocycles. The molecular formula is C14H18FNO2. The first-order valence-corrected chi connectivity index (χ1v) is 6.18. The maximum atomic E-state index is 12.2. The zero-order valence-corrected chi connectivity index (χ0v) is 10.8. The van der Waals surface area contributed by atoms with Gasteiger partial charge in [0.15, 0.2) is 0 Å². The molecule has 1 aliphatic rings. The first-order chi connectivity index (χ1) is 8.53. The predicted molar refractivity (Wildman–Crippen MR) is 68.7 cm³/mol. The SMILES string of the molecule is CC1(C)CN(C(=O)CCCF)c2ccccc2O1. The highest BCUT2D eigenvalue weighted by molar-refractivity contribution is 5.95. The first kappa shape index (κ1) is 12.9. The van der Waals surface area contributed by atoms with Crippen molar-refractivity contribution in [1.82, 2.24) is 0 Å². The predicted octanol–water partition coefficient (Wildman–Crippen LogP) is 2.94. The third-order valence-electron chi connectivity index (χ3n) is 2.91. The number of halogens is 1. The Labute approximate surface area is 107 Å². The van der Waals surface area contributed by atoms with Gasteiger partial charge in [0.1, 0.15) is 11.4 Å². The first-order valence-electron chi connectivity index (χ1n) is 6.18. The maximum Gasteiger partial charge on any atom is 0.227 e. The van der Waals surface area contributed by atoms with Crippen molar-refractivity contribution in [3.8, 4) is 5.75 Å². The van der Waals surface area contributed by atoms with E-state index >= 15 is 0 Å². The summed E-state index contributed by atoms with van der Waals surface area (Å²) in [5.41, 5.74) is 0.361. The van der Waals surface area contributed by atoms with Crippen LogP contribution in [0.4, 0.5) is 10.1 Å². The van der Waals surface area contributed by atoms with Crippen LogP contribution in [0.5, 0.6) is 5.75 Å². The van der Waals surface area contributed by atoms with Gasteiger partial charge in [-0.15, -0.1) is 0 Å². The van der Waals surface area contributed by atoms with Gasteiger partial charge in [0.2, 0.25) is 5.91 Å². The summed E-state index contributed by atoms with van der Waals surface area (Å²) in [4.78, 5) is 13.8. The summed E-state index contributed by atoms with van der Waals surface area (Å²) in [5, 5.41) is 0. The molecule has 0 saturated heterocycles. The minimum Gasteiger partial charge on any atom is -0.484 e. The highest BCUT2D eigenvalue weighted by Crippen LogP contribution is 2.36. The van der Waals surface area contributed by atoms with E-state index in [4.69, 9.17) is 4.74 Å². The highest BCUT2D eigenvalue weighted by Gasteiger charge is 2.34. The van der Waals surface area contributed by atoms with Gasteiger partial charge >= 0.3 is 0 Å². The topological polar surface area (TPSA) is 29.5 Å². The lowest BCUT2D eigenvalue weighted by molar-refractivity contribution is -0.119. The summed E-state index contributed by atoms with van der Waals surface area (Å²) >= 11 is 0. The number of amides is 1. The van der Waals surface area contributed by atoms with Gasteiger partial charge in [0.25, 0.3) is 0 Å². The Bertz CT molecular complexity index is 445. The van der Waals surface area contributed by atoms with Crippen LogP contribution in [0.15, 0.2) is 24.3 Å². The number of carbonyl (C=O) groups is 1.